The summed E-state index contributed by atoms with van der Waals surface area (Å²) in [6.07, 6.45) is 1.74. The van der Waals surface area contributed by atoms with Crippen molar-refractivity contribution in [1.29, 1.82) is 0 Å². The first-order valence-corrected chi connectivity index (χ1v) is 10.3. The van der Waals surface area contributed by atoms with Gasteiger partial charge in [0.15, 0.2) is 5.82 Å². The normalized spacial score (nSPS) is 11.0. The Balaban J connectivity index is 1.66. The maximum atomic E-state index is 13.4. The Kier molecular flexibility index (Phi) is 6.12. The van der Waals surface area contributed by atoms with Gasteiger partial charge < -0.3 is 9.88 Å². The Morgan fingerprint density at radius 1 is 1.15 bits per heavy atom. The number of anilines is 1. The first-order valence-electron chi connectivity index (χ1n) is 10.3. The summed E-state index contributed by atoms with van der Waals surface area (Å²) < 4.78 is 29.8. The van der Waals surface area contributed by atoms with Crippen molar-refractivity contribution < 1.29 is 13.6 Å². The SMILES string of the molecule is C=CCn1c(C)c(CCC(=O)Nc2cc(F)cc(F)c2)c(=O)n2nc(-c3ccccc3)nc12. The number of carbonyl (C=O) groups excluding carboxylic acids is 1. The minimum atomic E-state index is -0.792. The highest BCUT2D eigenvalue weighted by molar-refractivity contribution is 5.90. The van der Waals surface area contributed by atoms with Gasteiger partial charge in [-0.3, -0.25) is 9.59 Å². The number of nitrogens with zero attached hydrogens (tertiary/aromatic N) is 4. The predicted octanol–water partition coefficient (Wildman–Crippen LogP) is 3.90. The zero-order chi connectivity index (χ0) is 23.5. The number of rotatable bonds is 7. The topological polar surface area (TPSA) is 81.3 Å². The minimum Gasteiger partial charge on any atom is -0.326 e. The van der Waals surface area contributed by atoms with Crippen molar-refractivity contribution in [3.8, 4) is 11.4 Å². The number of hydrogen-bond acceptors (Lipinski definition) is 4. The minimum absolute atomic E-state index is 0.0116. The summed E-state index contributed by atoms with van der Waals surface area (Å²) in [6, 6.07) is 12.1. The smallest absolute Gasteiger partial charge is 0.279 e. The van der Waals surface area contributed by atoms with Crippen LogP contribution < -0.4 is 10.9 Å². The van der Waals surface area contributed by atoms with Crippen LogP contribution in [0.4, 0.5) is 14.5 Å². The van der Waals surface area contributed by atoms with E-state index in [2.05, 4.69) is 22.0 Å². The Labute approximate surface area is 188 Å². The van der Waals surface area contributed by atoms with Crippen LogP contribution in [0.25, 0.3) is 17.2 Å². The van der Waals surface area contributed by atoms with E-state index in [1.165, 1.54) is 4.52 Å². The fraction of sp³-hybridized carbons (Fsp3) is 0.167. The molecule has 0 saturated heterocycles. The number of nitrogens with one attached hydrogen (secondary N) is 1. The van der Waals surface area contributed by atoms with Gasteiger partial charge in [0.1, 0.15) is 11.6 Å². The summed E-state index contributed by atoms with van der Waals surface area (Å²) in [5, 5.41) is 6.85. The van der Waals surface area contributed by atoms with Gasteiger partial charge in [-0.2, -0.15) is 9.50 Å². The predicted molar refractivity (Wildman–Crippen MR) is 121 cm³/mol. The highest BCUT2D eigenvalue weighted by atomic mass is 19.1. The lowest BCUT2D eigenvalue weighted by atomic mass is 10.1. The Hall–Kier alpha value is -4.14. The van der Waals surface area contributed by atoms with E-state index in [0.717, 1.165) is 23.8 Å². The number of fused-ring (bicyclic) bond motifs is 1. The van der Waals surface area contributed by atoms with Crippen LogP contribution in [0, 0.1) is 18.6 Å². The molecule has 4 aromatic rings. The van der Waals surface area contributed by atoms with Crippen LogP contribution in [0.3, 0.4) is 0 Å². The molecule has 2 aromatic heterocycles. The fourth-order valence-electron chi connectivity index (χ4n) is 3.64. The first kappa shape index (κ1) is 22.1. The van der Waals surface area contributed by atoms with Crippen molar-refractivity contribution >= 4 is 17.4 Å². The van der Waals surface area contributed by atoms with Crippen LogP contribution in [-0.2, 0) is 17.8 Å². The second-order valence-electron chi connectivity index (χ2n) is 7.49. The highest BCUT2D eigenvalue weighted by Gasteiger charge is 2.19. The van der Waals surface area contributed by atoms with E-state index in [1.807, 2.05) is 34.9 Å². The number of carbonyl (C=O) groups is 1. The van der Waals surface area contributed by atoms with Crippen LogP contribution in [0.1, 0.15) is 17.7 Å². The van der Waals surface area contributed by atoms with Crippen LogP contribution in [-0.4, -0.2) is 25.1 Å². The molecule has 0 aliphatic rings. The number of benzene rings is 2. The largest absolute Gasteiger partial charge is 0.326 e. The maximum Gasteiger partial charge on any atom is 0.279 e. The zero-order valence-corrected chi connectivity index (χ0v) is 17.9. The molecular weight excluding hydrogens is 428 g/mol. The number of allylic oxidation sites excluding steroid dienone is 1. The molecule has 4 rings (SSSR count). The van der Waals surface area contributed by atoms with E-state index in [0.29, 0.717) is 29.4 Å². The Morgan fingerprint density at radius 3 is 2.52 bits per heavy atom. The van der Waals surface area contributed by atoms with Gasteiger partial charge in [0, 0.05) is 41.5 Å². The molecule has 0 atom stereocenters. The quantitative estimate of drug-likeness (QED) is 0.434. The molecule has 0 saturated carbocycles. The molecule has 0 aliphatic heterocycles. The van der Waals surface area contributed by atoms with Crippen LogP contribution in [0.2, 0.25) is 0 Å². The zero-order valence-electron chi connectivity index (χ0n) is 17.9. The number of aromatic nitrogens is 4. The second-order valence-corrected chi connectivity index (χ2v) is 7.49. The maximum absolute atomic E-state index is 13.4. The summed E-state index contributed by atoms with van der Waals surface area (Å²) in [5.41, 5.74) is 1.45. The van der Waals surface area contributed by atoms with Gasteiger partial charge in [0.05, 0.1) is 0 Å². The molecule has 2 aromatic carbocycles. The molecule has 1 N–H and O–H groups in total. The molecule has 1 amide bonds. The van der Waals surface area contributed by atoms with Crippen molar-refractivity contribution in [3.05, 3.63) is 94.4 Å². The van der Waals surface area contributed by atoms with Gasteiger partial charge >= 0.3 is 0 Å². The van der Waals surface area contributed by atoms with Gasteiger partial charge in [-0.1, -0.05) is 36.4 Å². The molecule has 0 aliphatic carbocycles. The molecule has 33 heavy (non-hydrogen) atoms. The van der Waals surface area contributed by atoms with E-state index in [-0.39, 0.29) is 24.1 Å². The first-order chi connectivity index (χ1) is 15.9. The fourth-order valence-corrected chi connectivity index (χ4v) is 3.64. The van der Waals surface area contributed by atoms with Gasteiger partial charge in [-0.15, -0.1) is 11.7 Å². The molecule has 168 valence electrons. The van der Waals surface area contributed by atoms with Gasteiger partial charge in [0.2, 0.25) is 11.7 Å². The summed E-state index contributed by atoms with van der Waals surface area (Å²) in [6.45, 7) is 5.94. The number of amides is 1. The van der Waals surface area contributed by atoms with Gasteiger partial charge in [-0.05, 0) is 25.5 Å². The lowest BCUT2D eigenvalue weighted by molar-refractivity contribution is -0.116. The third-order valence-electron chi connectivity index (χ3n) is 5.22. The monoisotopic (exact) mass is 449 g/mol. The number of hydrogen-bond donors (Lipinski definition) is 1. The lowest BCUT2D eigenvalue weighted by Crippen LogP contribution is -2.27. The average molecular weight is 449 g/mol. The molecule has 0 spiro atoms. The molecule has 9 heteroatoms. The summed E-state index contributed by atoms with van der Waals surface area (Å²) in [7, 11) is 0. The molecule has 2 heterocycles. The molecular formula is C24H21F2N5O2. The van der Waals surface area contributed by atoms with Gasteiger partial charge in [-0.25, -0.2) is 8.78 Å². The van der Waals surface area contributed by atoms with E-state index >= 15 is 0 Å². The standard InChI is InChI=1S/C24H21F2N5O2/c1-3-11-30-15(2)20(9-10-21(32)27-19-13-17(25)12-18(26)14-19)23(33)31-24(30)28-22(29-31)16-7-5-4-6-8-16/h3-8,12-14H,1,9-11H2,2H3,(H,27,32). The average Bonchev–Trinajstić information content (AvgIpc) is 3.22. The van der Waals surface area contributed by atoms with Crippen LogP contribution in [0.15, 0.2) is 66.0 Å². The highest BCUT2D eigenvalue weighted by Crippen LogP contribution is 2.18. The Morgan fingerprint density at radius 2 is 1.85 bits per heavy atom. The van der Waals surface area contributed by atoms with Crippen molar-refractivity contribution in [2.75, 3.05) is 5.32 Å². The molecule has 0 fully saturated rings. The Bertz CT molecular complexity index is 1390. The van der Waals surface area contributed by atoms with Crippen molar-refractivity contribution in [1.82, 2.24) is 19.2 Å². The lowest BCUT2D eigenvalue weighted by Gasteiger charge is -2.14. The van der Waals surface area contributed by atoms with Crippen LogP contribution in [0.5, 0.6) is 0 Å². The van der Waals surface area contributed by atoms with Crippen LogP contribution >= 0.6 is 0 Å². The van der Waals surface area contributed by atoms with Crippen molar-refractivity contribution in [3.63, 3.8) is 0 Å². The molecule has 7 nitrogen and oxygen atoms in total. The summed E-state index contributed by atoms with van der Waals surface area (Å²) in [4.78, 5) is 30.1. The molecule has 0 radical (unpaired) electrons. The molecule has 0 unspecified atom stereocenters. The number of halogens is 2. The second kappa shape index (κ2) is 9.15. The third-order valence-corrected chi connectivity index (χ3v) is 5.22. The van der Waals surface area contributed by atoms with E-state index < -0.39 is 17.5 Å². The molecule has 0 bridgehead atoms. The van der Waals surface area contributed by atoms with Gasteiger partial charge in [0.25, 0.3) is 5.56 Å². The van der Waals surface area contributed by atoms with E-state index in [9.17, 15) is 18.4 Å². The summed E-state index contributed by atoms with van der Waals surface area (Å²) in [5.74, 6) is -1.27. The third kappa shape index (κ3) is 4.57. The summed E-state index contributed by atoms with van der Waals surface area (Å²) >= 11 is 0. The van der Waals surface area contributed by atoms with Crippen molar-refractivity contribution in [2.24, 2.45) is 0 Å². The van der Waals surface area contributed by atoms with E-state index in [1.54, 1.807) is 13.0 Å². The van der Waals surface area contributed by atoms with E-state index in [4.69, 9.17) is 0 Å². The van der Waals surface area contributed by atoms with Crippen molar-refractivity contribution in [2.45, 2.75) is 26.3 Å².